The topological polar surface area (TPSA) is 151 Å². The monoisotopic (exact) mass is 236 g/mol. The third-order valence-corrected chi connectivity index (χ3v) is 0.968. The Morgan fingerprint density at radius 2 is 1.12 bits per heavy atom. The minimum Gasteiger partial charge on any atom is -0.465 e. The molecule has 0 heterocycles. The Balaban J connectivity index is 3.53. The van der Waals surface area contributed by atoms with Crippen molar-refractivity contribution in [3.63, 3.8) is 0 Å². The molecule has 0 bridgehead atoms. The van der Waals surface area contributed by atoms with Gasteiger partial charge in [0.25, 0.3) is 0 Å². The van der Waals surface area contributed by atoms with Crippen LogP contribution in [-0.4, -0.2) is 47.8 Å². The van der Waals surface area contributed by atoms with E-state index in [0.717, 1.165) is 0 Å². The van der Waals surface area contributed by atoms with Crippen LogP contribution in [0.4, 0.5) is 19.2 Å². The third kappa shape index (κ3) is 8.10. The van der Waals surface area contributed by atoms with Crippen LogP contribution in [-0.2, 0) is 9.47 Å². The zero-order chi connectivity index (χ0) is 12.6. The Morgan fingerprint density at radius 1 is 0.812 bits per heavy atom. The van der Waals surface area contributed by atoms with Crippen molar-refractivity contribution < 1.29 is 38.9 Å². The number of carbonyl (C=O) groups is 4. The Morgan fingerprint density at radius 3 is 1.38 bits per heavy atom. The van der Waals surface area contributed by atoms with E-state index in [1.54, 1.807) is 0 Å². The summed E-state index contributed by atoms with van der Waals surface area (Å²) in [7, 11) is 0. The van der Waals surface area contributed by atoms with E-state index >= 15 is 0 Å². The van der Waals surface area contributed by atoms with Gasteiger partial charge >= 0.3 is 24.4 Å². The molecule has 0 spiro atoms. The highest BCUT2D eigenvalue weighted by atomic mass is 16.6. The average molecular weight is 236 g/mol. The maximum Gasteiger partial charge on any atom is 0.416 e. The van der Waals surface area contributed by atoms with Crippen molar-refractivity contribution in [2.75, 3.05) is 13.2 Å². The van der Waals surface area contributed by atoms with Gasteiger partial charge in [0.2, 0.25) is 0 Å². The first kappa shape index (κ1) is 13.5. The summed E-state index contributed by atoms with van der Waals surface area (Å²) >= 11 is 0. The lowest BCUT2D eigenvalue weighted by Gasteiger charge is -2.04. The number of hydrogen-bond acceptors (Lipinski definition) is 6. The number of carboxylic acid groups (broad SMARTS) is 2. The van der Waals surface area contributed by atoms with Crippen LogP contribution in [0.15, 0.2) is 0 Å². The van der Waals surface area contributed by atoms with Gasteiger partial charge in [-0.2, -0.15) is 0 Å². The van der Waals surface area contributed by atoms with Gasteiger partial charge in [0, 0.05) is 0 Å². The van der Waals surface area contributed by atoms with Crippen molar-refractivity contribution in [3.05, 3.63) is 0 Å². The molecule has 0 aromatic rings. The summed E-state index contributed by atoms with van der Waals surface area (Å²) in [5.74, 6) is 0. The molecular formula is C6H8N2O8. The minimum absolute atomic E-state index is 0.411. The molecule has 0 unspecified atom stereocenters. The fraction of sp³-hybridized carbons (Fsp3) is 0.333. The van der Waals surface area contributed by atoms with E-state index in [2.05, 4.69) is 9.47 Å². The molecule has 4 N–H and O–H groups in total. The highest BCUT2D eigenvalue weighted by Crippen LogP contribution is 1.82. The second kappa shape index (κ2) is 6.86. The molecule has 0 aromatic carbocycles. The summed E-state index contributed by atoms with van der Waals surface area (Å²) in [6, 6.07) is 0. The van der Waals surface area contributed by atoms with Gasteiger partial charge in [-0.05, 0) is 0 Å². The first-order chi connectivity index (χ1) is 7.41. The molecule has 0 aromatic heterocycles. The Labute approximate surface area is 88.1 Å². The standard InChI is InChI=1S/C6H8N2O8/c9-3(10)7-5(13)15-1-2-16-6(14)8-4(11)12/h1-2H2,(H,7,13)(H,8,14)(H,9,10)(H,11,12). The molecule has 0 aliphatic rings. The van der Waals surface area contributed by atoms with Gasteiger partial charge in [-0.25, -0.2) is 29.8 Å². The Hall–Kier alpha value is -2.52. The number of alkyl carbamates (subject to hydrolysis) is 2. The zero-order valence-electron chi connectivity index (χ0n) is 7.76. The lowest BCUT2D eigenvalue weighted by atomic mass is 10.8. The maximum atomic E-state index is 10.5. The number of carbonyl (C=O) groups excluding carboxylic acids is 2. The van der Waals surface area contributed by atoms with Crippen molar-refractivity contribution >= 4 is 24.4 Å². The molecule has 0 saturated heterocycles. The van der Waals surface area contributed by atoms with E-state index in [0.29, 0.717) is 0 Å². The van der Waals surface area contributed by atoms with Crippen LogP contribution in [0.5, 0.6) is 0 Å². The lowest BCUT2D eigenvalue weighted by molar-refractivity contribution is 0.0939. The molecule has 10 nitrogen and oxygen atoms in total. The molecule has 90 valence electrons. The average Bonchev–Trinajstić information content (AvgIpc) is 2.10. The molecule has 0 aliphatic heterocycles. The fourth-order valence-corrected chi connectivity index (χ4v) is 0.516. The quantitative estimate of drug-likeness (QED) is 0.491. The van der Waals surface area contributed by atoms with Crippen molar-refractivity contribution in [1.29, 1.82) is 0 Å². The summed E-state index contributed by atoms with van der Waals surface area (Å²) in [6.07, 6.45) is -5.63. The second-order valence-electron chi connectivity index (χ2n) is 2.13. The molecule has 0 aliphatic carbocycles. The van der Waals surface area contributed by atoms with Crippen molar-refractivity contribution in [2.45, 2.75) is 0 Å². The molecular weight excluding hydrogens is 228 g/mol. The van der Waals surface area contributed by atoms with Gasteiger partial charge in [0.15, 0.2) is 0 Å². The van der Waals surface area contributed by atoms with Gasteiger partial charge in [-0.1, -0.05) is 0 Å². The van der Waals surface area contributed by atoms with Crippen LogP contribution in [0.1, 0.15) is 0 Å². The van der Waals surface area contributed by atoms with Gasteiger partial charge in [-0.3, -0.25) is 0 Å². The predicted octanol–water partition coefficient (Wildman–Crippen LogP) is -0.205. The highest BCUT2D eigenvalue weighted by molar-refractivity contribution is 5.86. The normalized spacial score (nSPS) is 8.75. The van der Waals surface area contributed by atoms with E-state index in [9.17, 15) is 19.2 Å². The molecule has 0 atom stereocenters. The molecule has 0 rings (SSSR count). The first-order valence-corrected chi connectivity index (χ1v) is 3.75. The SMILES string of the molecule is O=C(O)NC(=O)OCCOC(=O)NC(=O)O. The smallest absolute Gasteiger partial charge is 0.416 e. The van der Waals surface area contributed by atoms with Gasteiger partial charge in [0.1, 0.15) is 13.2 Å². The summed E-state index contributed by atoms with van der Waals surface area (Å²) in [4.78, 5) is 40.8. The number of rotatable bonds is 3. The van der Waals surface area contributed by atoms with Crippen molar-refractivity contribution in [2.24, 2.45) is 0 Å². The maximum absolute atomic E-state index is 10.5. The Bertz CT molecular complexity index is 271. The number of amides is 4. The molecule has 10 heteroatoms. The molecule has 4 amide bonds. The first-order valence-electron chi connectivity index (χ1n) is 3.75. The van der Waals surface area contributed by atoms with Crippen LogP contribution in [0.2, 0.25) is 0 Å². The second-order valence-corrected chi connectivity index (χ2v) is 2.13. The van der Waals surface area contributed by atoms with Crippen LogP contribution in [0, 0.1) is 0 Å². The number of imide groups is 2. The van der Waals surface area contributed by atoms with E-state index in [-0.39, 0.29) is 0 Å². The van der Waals surface area contributed by atoms with E-state index in [1.165, 1.54) is 10.6 Å². The Kier molecular flexibility index (Phi) is 5.78. The third-order valence-electron chi connectivity index (χ3n) is 0.968. The molecule has 0 fully saturated rings. The zero-order valence-corrected chi connectivity index (χ0v) is 7.76. The largest absolute Gasteiger partial charge is 0.465 e. The van der Waals surface area contributed by atoms with E-state index < -0.39 is 37.6 Å². The van der Waals surface area contributed by atoms with Crippen molar-refractivity contribution in [1.82, 2.24) is 10.6 Å². The number of ether oxygens (including phenoxy) is 2. The van der Waals surface area contributed by atoms with Crippen LogP contribution in [0.3, 0.4) is 0 Å². The van der Waals surface area contributed by atoms with Gasteiger partial charge in [0.05, 0.1) is 0 Å². The minimum atomic E-state index is -1.59. The summed E-state index contributed by atoms with van der Waals surface area (Å²) in [5, 5.41) is 18.8. The fourth-order valence-electron chi connectivity index (χ4n) is 0.516. The summed E-state index contributed by atoms with van der Waals surface area (Å²) < 4.78 is 8.45. The van der Waals surface area contributed by atoms with Crippen LogP contribution >= 0.6 is 0 Å². The molecule has 0 radical (unpaired) electrons. The number of hydrogen-bond donors (Lipinski definition) is 4. The summed E-state index contributed by atoms with van der Waals surface area (Å²) in [5.41, 5.74) is 0. The van der Waals surface area contributed by atoms with Crippen LogP contribution < -0.4 is 10.6 Å². The van der Waals surface area contributed by atoms with Crippen LogP contribution in [0.25, 0.3) is 0 Å². The van der Waals surface area contributed by atoms with E-state index in [4.69, 9.17) is 10.2 Å². The highest BCUT2D eigenvalue weighted by Gasteiger charge is 2.08. The lowest BCUT2D eigenvalue weighted by Crippen LogP contribution is -2.32. The van der Waals surface area contributed by atoms with Crippen molar-refractivity contribution in [3.8, 4) is 0 Å². The van der Waals surface area contributed by atoms with Gasteiger partial charge < -0.3 is 19.7 Å². The molecule has 16 heavy (non-hydrogen) atoms. The van der Waals surface area contributed by atoms with E-state index in [1.807, 2.05) is 0 Å². The number of nitrogens with one attached hydrogen (secondary N) is 2. The summed E-state index contributed by atoms with van der Waals surface area (Å²) in [6.45, 7) is -0.821. The van der Waals surface area contributed by atoms with Gasteiger partial charge in [-0.15, -0.1) is 0 Å². The molecule has 0 saturated carbocycles. The predicted molar refractivity (Wildman–Crippen MR) is 45.0 cm³/mol.